The third-order valence-electron chi connectivity index (χ3n) is 16.2. The lowest BCUT2D eigenvalue weighted by atomic mass is 9.72. The molecule has 0 spiro atoms. The van der Waals surface area contributed by atoms with E-state index in [4.69, 9.17) is 0 Å². The van der Waals surface area contributed by atoms with Crippen molar-refractivity contribution in [3.05, 3.63) is 11.1 Å². The van der Waals surface area contributed by atoms with E-state index in [2.05, 4.69) is 49.7 Å². The fourth-order valence-electron chi connectivity index (χ4n) is 12.8. The highest BCUT2D eigenvalue weighted by molar-refractivity contribution is 8.15. The van der Waals surface area contributed by atoms with Crippen molar-refractivity contribution < 1.29 is 24.4 Å². The minimum absolute atomic E-state index is 0.0181. The summed E-state index contributed by atoms with van der Waals surface area (Å²) in [4.78, 5) is 29.0. The number of rotatable bonds is 13. The molecule has 3 N–H and O–H groups in total. The molecule has 1 saturated heterocycles. The van der Waals surface area contributed by atoms with Gasteiger partial charge in [0.15, 0.2) is 6.04 Å². The number of thioether (sulfide) groups is 2. The van der Waals surface area contributed by atoms with Gasteiger partial charge in [-0.25, -0.2) is 4.58 Å². The smallest absolute Gasteiger partial charge is 0.238 e. The van der Waals surface area contributed by atoms with Crippen LogP contribution in [0.15, 0.2) is 11.1 Å². The molecule has 8 rings (SSSR count). The largest absolute Gasteiger partial charge is 0.852 e. The molecule has 6 aliphatic carbocycles. The molecule has 8 aliphatic rings. The number of carbonyl (C=O) groups is 2. The maximum absolute atomic E-state index is 13.1. The Morgan fingerprint density at radius 2 is 1.25 bits per heavy atom. The lowest BCUT2D eigenvalue weighted by Crippen LogP contribution is -2.42. The molecule has 0 radical (unpaired) electrons. The fourth-order valence-corrected chi connectivity index (χ4v) is 16.0. The zero-order valence-electron chi connectivity index (χ0n) is 35.1. The molecule has 8 nitrogen and oxygen atoms in total. The van der Waals surface area contributed by atoms with Gasteiger partial charge < -0.3 is 25.7 Å². The predicted octanol–water partition coefficient (Wildman–Crippen LogP) is 7.75. The standard InChI is InChI=1S/C47H76N4O4S2/c52-38-19-13-34(14-20-38)46(54)48-25-7-27-50-40-29-36(32-9-3-1-4-10-32)17-23-42(40)56-44(50)31-45-51(28-8-26-49-47(55)35-15-21-39(53)22-16-35)41-30-37(18-24-43(41)57-45)33-11-5-2-6-12-33/h31-43,52H,1-30H2,(H,48,54)(H,49,55). The van der Waals surface area contributed by atoms with Crippen molar-refractivity contribution in [1.82, 2.24) is 15.5 Å². The van der Waals surface area contributed by atoms with Gasteiger partial charge in [0.2, 0.25) is 16.9 Å². The molecule has 0 aromatic rings. The number of nitrogens with one attached hydrogen (secondary N) is 2. The first kappa shape index (κ1) is 42.5. The Morgan fingerprint density at radius 3 is 1.89 bits per heavy atom. The Morgan fingerprint density at radius 1 is 0.667 bits per heavy atom. The summed E-state index contributed by atoms with van der Waals surface area (Å²) < 4.78 is 2.81. The van der Waals surface area contributed by atoms with Gasteiger partial charge in [0.05, 0.1) is 16.4 Å². The Hall–Kier alpha value is -1.23. The van der Waals surface area contributed by atoms with Crippen LogP contribution in [0.1, 0.15) is 167 Å². The maximum atomic E-state index is 13.1. The van der Waals surface area contributed by atoms with Gasteiger partial charge in [0.25, 0.3) is 0 Å². The summed E-state index contributed by atoms with van der Waals surface area (Å²) >= 11 is 4.33. The molecule has 2 amide bonds. The first-order valence-electron chi connectivity index (χ1n) is 24.2. The zero-order chi connectivity index (χ0) is 39.1. The van der Waals surface area contributed by atoms with Gasteiger partial charge in [-0.15, -0.1) is 17.9 Å². The molecule has 0 aromatic carbocycles. The number of amides is 2. The fraction of sp³-hybridized carbons (Fsp3) is 0.894. The van der Waals surface area contributed by atoms with E-state index in [1.165, 1.54) is 113 Å². The maximum Gasteiger partial charge on any atom is 0.238 e. The van der Waals surface area contributed by atoms with E-state index in [0.29, 0.717) is 42.0 Å². The van der Waals surface area contributed by atoms with Gasteiger partial charge >= 0.3 is 0 Å². The average Bonchev–Trinajstić information content (AvgIpc) is 3.77. The van der Waals surface area contributed by atoms with E-state index in [0.717, 1.165) is 94.7 Å². The van der Waals surface area contributed by atoms with Gasteiger partial charge in [0.1, 0.15) is 6.54 Å². The van der Waals surface area contributed by atoms with Crippen LogP contribution >= 0.6 is 23.5 Å². The van der Waals surface area contributed by atoms with Crippen molar-refractivity contribution >= 4 is 40.4 Å². The van der Waals surface area contributed by atoms with Crippen LogP contribution in [0.5, 0.6) is 0 Å². The van der Waals surface area contributed by atoms with Crippen LogP contribution in [-0.4, -0.2) is 92.4 Å². The average molecular weight is 825 g/mol. The molecule has 0 aromatic heterocycles. The van der Waals surface area contributed by atoms with E-state index in [1.54, 1.807) is 0 Å². The van der Waals surface area contributed by atoms with E-state index < -0.39 is 6.10 Å². The first-order valence-corrected chi connectivity index (χ1v) is 26.0. The van der Waals surface area contributed by atoms with Crippen molar-refractivity contribution in [3.8, 4) is 0 Å². The van der Waals surface area contributed by atoms with Crippen LogP contribution in [0.25, 0.3) is 0 Å². The normalized spacial score (nSPS) is 37.6. The second kappa shape index (κ2) is 20.6. The first-order chi connectivity index (χ1) is 27.9. The Labute approximate surface area is 353 Å². The molecule has 6 atom stereocenters. The third-order valence-corrected chi connectivity index (χ3v) is 19.1. The van der Waals surface area contributed by atoms with E-state index in [9.17, 15) is 19.8 Å². The lowest BCUT2D eigenvalue weighted by Gasteiger charge is -2.40. The van der Waals surface area contributed by atoms with Crippen LogP contribution < -0.4 is 15.7 Å². The molecular weight excluding hydrogens is 749 g/mol. The number of hydrogen-bond donors (Lipinski definition) is 3. The van der Waals surface area contributed by atoms with Crippen molar-refractivity contribution in [3.63, 3.8) is 0 Å². The number of aliphatic hydroxyl groups excluding tert-OH is 1. The number of hydrogen-bond acceptors (Lipinski definition) is 7. The van der Waals surface area contributed by atoms with E-state index in [-0.39, 0.29) is 29.8 Å². The Kier molecular flexibility index (Phi) is 15.3. The molecule has 2 aliphatic heterocycles. The predicted molar refractivity (Wildman–Crippen MR) is 232 cm³/mol. The Balaban J connectivity index is 0.980. The number of fused-ring (bicyclic) bond motifs is 2. The number of nitrogens with zero attached hydrogens (tertiary/aromatic N) is 2. The lowest BCUT2D eigenvalue weighted by molar-refractivity contribution is -0.563. The highest BCUT2D eigenvalue weighted by Gasteiger charge is 2.49. The second-order valence-corrected chi connectivity index (χ2v) is 22.4. The molecular formula is C47H76N4O4S2. The summed E-state index contributed by atoms with van der Waals surface area (Å²) in [5, 5.41) is 32.7. The molecule has 320 valence electrons. The van der Waals surface area contributed by atoms with E-state index >= 15 is 0 Å². The van der Waals surface area contributed by atoms with Crippen molar-refractivity contribution in [2.24, 2.45) is 35.5 Å². The van der Waals surface area contributed by atoms with Crippen LogP contribution in [0.2, 0.25) is 0 Å². The minimum Gasteiger partial charge on any atom is -0.852 e. The molecule has 7 fully saturated rings. The van der Waals surface area contributed by atoms with Crippen molar-refractivity contribution in [2.75, 3.05) is 26.2 Å². The second-order valence-electron chi connectivity index (χ2n) is 19.9. The van der Waals surface area contributed by atoms with Crippen LogP contribution in [0, 0.1) is 35.5 Å². The summed E-state index contributed by atoms with van der Waals surface area (Å²) in [5.41, 5.74) is 0. The molecule has 2 heterocycles. The van der Waals surface area contributed by atoms with Gasteiger partial charge in [-0.2, -0.15) is 0 Å². The van der Waals surface area contributed by atoms with Crippen LogP contribution in [-0.2, 0) is 9.59 Å². The topological polar surface area (TPSA) is 108 Å². The number of aliphatic hydroxyl groups is 1. The van der Waals surface area contributed by atoms with Crippen molar-refractivity contribution in [1.29, 1.82) is 0 Å². The summed E-state index contributed by atoms with van der Waals surface area (Å²) in [6, 6.07) is 1.17. The summed E-state index contributed by atoms with van der Waals surface area (Å²) in [7, 11) is 0. The zero-order valence-corrected chi connectivity index (χ0v) is 36.7. The van der Waals surface area contributed by atoms with Crippen LogP contribution in [0.3, 0.4) is 0 Å². The highest BCUT2D eigenvalue weighted by Crippen LogP contribution is 2.51. The molecule has 10 heteroatoms. The summed E-state index contributed by atoms with van der Waals surface area (Å²) in [5.74, 6) is 3.95. The van der Waals surface area contributed by atoms with Gasteiger partial charge in [-0.1, -0.05) is 77.0 Å². The highest BCUT2D eigenvalue weighted by atomic mass is 32.2. The van der Waals surface area contributed by atoms with Crippen LogP contribution in [0.4, 0.5) is 0 Å². The third kappa shape index (κ3) is 10.8. The quantitative estimate of drug-likeness (QED) is 0.129. The molecule has 0 bridgehead atoms. The molecule has 6 saturated carbocycles. The summed E-state index contributed by atoms with van der Waals surface area (Å²) in [6.45, 7) is 3.43. The molecule has 6 unspecified atom stereocenters. The van der Waals surface area contributed by atoms with Gasteiger partial charge in [-0.05, 0) is 112 Å². The van der Waals surface area contributed by atoms with Gasteiger partial charge in [0, 0.05) is 61.7 Å². The SMILES string of the molecule is O=C(NCCCN1C(=CC2=[N+](CCCNC(=O)C3CCC(O)CC3)C3CC(C4CCCCC4)CCC3S2)SC2CCC(C3CCCCC3)CC21)C1CCC([O-])CC1. The monoisotopic (exact) mass is 825 g/mol. The van der Waals surface area contributed by atoms with Gasteiger partial charge in [-0.3, -0.25) is 9.59 Å². The number of carbonyl (C=O) groups excluding carboxylic acids is 2. The summed E-state index contributed by atoms with van der Waals surface area (Å²) in [6.07, 6.45) is 32.0. The van der Waals surface area contributed by atoms with E-state index in [1.807, 2.05) is 0 Å². The van der Waals surface area contributed by atoms with Crippen molar-refractivity contribution in [2.45, 2.75) is 202 Å². The Bertz CT molecular complexity index is 1400. The molecule has 57 heavy (non-hydrogen) atoms. The minimum atomic E-state index is -0.481.